The first-order chi connectivity index (χ1) is 8.58. The number of pyridine rings is 1. The van der Waals surface area contributed by atoms with Gasteiger partial charge in [-0.2, -0.15) is 0 Å². The maximum Gasteiger partial charge on any atom is 0.310 e. The molecule has 1 saturated heterocycles. The van der Waals surface area contributed by atoms with E-state index in [4.69, 9.17) is 9.84 Å². The Balaban J connectivity index is 2.03. The molecule has 98 valence electrons. The lowest BCUT2D eigenvalue weighted by Crippen LogP contribution is -2.40. The smallest absolute Gasteiger partial charge is 0.310 e. The second-order valence-electron chi connectivity index (χ2n) is 4.84. The number of hydrogen-bond acceptors (Lipinski definition) is 4. The van der Waals surface area contributed by atoms with Gasteiger partial charge in [0.1, 0.15) is 0 Å². The standard InChI is InChI=1S/C13H18N2O3/c1-9-3-10(5-14-4-9)6-15(2)12-8-18-7-11(12)13(16)17/h3-5,11-12H,6-8H2,1-2H3,(H,16,17). The molecule has 2 unspecified atom stereocenters. The van der Waals surface area contributed by atoms with Crippen LogP contribution < -0.4 is 0 Å². The average molecular weight is 250 g/mol. The first-order valence-corrected chi connectivity index (χ1v) is 5.99. The van der Waals surface area contributed by atoms with Gasteiger partial charge in [0.2, 0.25) is 0 Å². The fourth-order valence-corrected chi connectivity index (χ4v) is 2.32. The molecule has 5 nitrogen and oxygen atoms in total. The van der Waals surface area contributed by atoms with Crippen LogP contribution in [-0.4, -0.2) is 47.3 Å². The number of carboxylic acids is 1. The molecule has 1 aromatic rings. The number of nitrogens with zero attached hydrogens (tertiary/aromatic N) is 2. The Labute approximate surface area is 106 Å². The van der Waals surface area contributed by atoms with Gasteiger partial charge in [0.25, 0.3) is 0 Å². The van der Waals surface area contributed by atoms with Crippen molar-refractivity contribution in [2.45, 2.75) is 19.5 Å². The highest BCUT2D eigenvalue weighted by Gasteiger charge is 2.36. The normalized spacial score (nSPS) is 23.5. The summed E-state index contributed by atoms with van der Waals surface area (Å²) in [6.07, 6.45) is 3.62. The summed E-state index contributed by atoms with van der Waals surface area (Å²) in [6, 6.07) is 2.00. The van der Waals surface area contributed by atoms with Crippen LogP contribution in [0.4, 0.5) is 0 Å². The molecule has 0 spiro atoms. The number of carbonyl (C=O) groups is 1. The van der Waals surface area contributed by atoms with E-state index >= 15 is 0 Å². The van der Waals surface area contributed by atoms with Gasteiger partial charge < -0.3 is 9.84 Å². The maximum absolute atomic E-state index is 11.1. The quantitative estimate of drug-likeness (QED) is 0.861. The van der Waals surface area contributed by atoms with Crippen molar-refractivity contribution in [3.8, 4) is 0 Å². The van der Waals surface area contributed by atoms with Crippen molar-refractivity contribution >= 4 is 5.97 Å². The van der Waals surface area contributed by atoms with Crippen LogP contribution in [0.2, 0.25) is 0 Å². The first kappa shape index (κ1) is 13.0. The van der Waals surface area contributed by atoms with Crippen LogP contribution in [0, 0.1) is 12.8 Å². The molecule has 5 heteroatoms. The number of rotatable bonds is 4. The van der Waals surface area contributed by atoms with E-state index in [9.17, 15) is 4.79 Å². The van der Waals surface area contributed by atoms with Gasteiger partial charge in [-0.3, -0.25) is 14.7 Å². The highest BCUT2D eigenvalue weighted by molar-refractivity contribution is 5.71. The maximum atomic E-state index is 11.1. The second-order valence-corrected chi connectivity index (χ2v) is 4.84. The second kappa shape index (κ2) is 5.46. The summed E-state index contributed by atoms with van der Waals surface area (Å²) in [4.78, 5) is 17.3. The molecule has 1 fully saturated rings. The number of aryl methyl sites for hydroxylation is 1. The van der Waals surface area contributed by atoms with E-state index in [0.717, 1.165) is 11.1 Å². The van der Waals surface area contributed by atoms with E-state index < -0.39 is 11.9 Å². The van der Waals surface area contributed by atoms with Crippen molar-refractivity contribution in [2.75, 3.05) is 20.3 Å². The lowest BCUT2D eigenvalue weighted by Gasteiger charge is -2.26. The summed E-state index contributed by atoms with van der Waals surface area (Å²) in [5.74, 6) is -1.22. The van der Waals surface area contributed by atoms with Crippen LogP contribution in [0.15, 0.2) is 18.5 Å². The summed E-state index contributed by atoms with van der Waals surface area (Å²) >= 11 is 0. The van der Waals surface area contributed by atoms with E-state index in [1.165, 1.54) is 0 Å². The number of carboxylic acid groups (broad SMARTS) is 1. The van der Waals surface area contributed by atoms with Gasteiger partial charge in [0, 0.05) is 25.0 Å². The molecule has 0 saturated carbocycles. The minimum Gasteiger partial charge on any atom is -0.481 e. The zero-order valence-electron chi connectivity index (χ0n) is 10.7. The van der Waals surface area contributed by atoms with Crippen LogP contribution >= 0.6 is 0 Å². The number of ether oxygens (including phenoxy) is 1. The Morgan fingerprint density at radius 1 is 1.56 bits per heavy atom. The molecule has 2 heterocycles. The topological polar surface area (TPSA) is 62.7 Å². The number of aromatic nitrogens is 1. The van der Waals surface area contributed by atoms with Crippen LogP contribution in [0.25, 0.3) is 0 Å². The van der Waals surface area contributed by atoms with Crippen LogP contribution in [0.3, 0.4) is 0 Å². The third kappa shape index (κ3) is 2.86. The molecule has 1 N–H and O–H groups in total. The zero-order valence-corrected chi connectivity index (χ0v) is 10.7. The highest BCUT2D eigenvalue weighted by atomic mass is 16.5. The minimum absolute atomic E-state index is 0.0667. The molecule has 0 amide bonds. The molecule has 1 aromatic heterocycles. The zero-order chi connectivity index (χ0) is 13.1. The largest absolute Gasteiger partial charge is 0.481 e. The van der Waals surface area contributed by atoms with Crippen molar-refractivity contribution in [2.24, 2.45) is 5.92 Å². The molecule has 2 rings (SSSR count). The molecule has 18 heavy (non-hydrogen) atoms. The van der Waals surface area contributed by atoms with Gasteiger partial charge in [-0.1, -0.05) is 6.07 Å². The number of hydrogen-bond donors (Lipinski definition) is 1. The van der Waals surface area contributed by atoms with Gasteiger partial charge in [0.15, 0.2) is 0 Å². The van der Waals surface area contributed by atoms with Crippen LogP contribution in [-0.2, 0) is 16.1 Å². The van der Waals surface area contributed by atoms with Crippen molar-refractivity contribution in [3.63, 3.8) is 0 Å². The van der Waals surface area contributed by atoms with Crippen molar-refractivity contribution in [1.29, 1.82) is 0 Å². The highest BCUT2D eigenvalue weighted by Crippen LogP contribution is 2.20. The van der Waals surface area contributed by atoms with Crippen LogP contribution in [0.5, 0.6) is 0 Å². The van der Waals surface area contributed by atoms with Gasteiger partial charge in [-0.05, 0) is 25.1 Å². The molecule has 0 radical (unpaired) electrons. The van der Waals surface area contributed by atoms with E-state index in [2.05, 4.69) is 11.1 Å². The predicted octanol–water partition coefficient (Wildman–Crippen LogP) is 0.921. The lowest BCUT2D eigenvalue weighted by atomic mass is 10.0. The molecule has 1 aliphatic rings. The molecule has 2 atom stereocenters. The van der Waals surface area contributed by atoms with E-state index in [-0.39, 0.29) is 6.04 Å². The van der Waals surface area contributed by atoms with Gasteiger partial charge in [0.05, 0.1) is 19.1 Å². The Morgan fingerprint density at radius 3 is 3.00 bits per heavy atom. The van der Waals surface area contributed by atoms with Gasteiger partial charge in [-0.15, -0.1) is 0 Å². The first-order valence-electron chi connectivity index (χ1n) is 5.99. The van der Waals surface area contributed by atoms with E-state index in [1.807, 2.05) is 31.3 Å². The fraction of sp³-hybridized carbons (Fsp3) is 0.538. The average Bonchev–Trinajstić information content (AvgIpc) is 2.77. The predicted molar refractivity (Wildman–Crippen MR) is 66.2 cm³/mol. The fourth-order valence-electron chi connectivity index (χ4n) is 2.32. The van der Waals surface area contributed by atoms with Crippen molar-refractivity contribution < 1.29 is 14.6 Å². The van der Waals surface area contributed by atoms with Crippen molar-refractivity contribution in [3.05, 3.63) is 29.6 Å². The molecule has 1 aliphatic heterocycles. The summed E-state index contributed by atoms with van der Waals surface area (Å²) in [5, 5.41) is 9.12. The van der Waals surface area contributed by atoms with Crippen molar-refractivity contribution in [1.82, 2.24) is 9.88 Å². The number of aliphatic carboxylic acids is 1. The third-order valence-corrected chi connectivity index (χ3v) is 3.30. The molecule has 0 aromatic carbocycles. The number of likely N-dealkylation sites (N-methyl/N-ethyl adjacent to an activating group) is 1. The Kier molecular flexibility index (Phi) is 3.93. The lowest BCUT2D eigenvalue weighted by molar-refractivity contribution is -0.143. The van der Waals surface area contributed by atoms with E-state index in [1.54, 1.807) is 0 Å². The minimum atomic E-state index is -0.785. The summed E-state index contributed by atoms with van der Waals surface area (Å²) in [7, 11) is 1.93. The summed E-state index contributed by atoms with van der Waals surface area (Å²) in [6.45, 7) is 3.46. The Bertz CT molecular complexity index is 436. The summed E-state index contributed by atoms with van der Waals surface area (Å²) in [5.41, 5.74) is 2.20. The molecular weight excluding hydrogens is 232 g/mol. The molecule has 0 bridgehead atoms. The van der Waals surface area contributed by atoms with E-state index in [0.29, 0.717) is 19.8 Å². The Morgan fingerprint density at radius 2 is 2.33 bits per heavy atom. The molecular formula is C13H18N2O3. The van der Waals surface area contributed by atoms with Gasteiger partial charge in [-0.25, -0.2) is 0 Å². The summed E-state index contributed by atoms with van der Waals surface area (Å²) < 4.78 is 5.28. The monoisotopic (exact) mass is 250 g/mol. The molecule has 0 aliphatic carbocycles. The van der Waals surface area contributed by atoms with Gasteiger partial charge >= 0.3 is 5.97 Å². The SMILES string of the molecule is Cc1cncc(CN(C)C2COCC2C(=O)O)c1. The Hall–Kier alpha value is -1.46. The van der Waals surface area contributed by atoms with Crippen LogP contribution in [0.1, 0.15) is 11.1 Å². The third-order valence-electron chi connectivity index (χ3n) is 3.30.